The summed E-state index contributed by atoms with van der Waals surface area (Å²) in [6.07, 6.45) is 1.19. The van der Waals surface area contributed by atoms with E-state index in [1.807, 2.05) is 17.5 Å². The number of aromatic nitrogens is 1. The first kappa shape index (κ1) is 14.9. The molecule has 0 fully saturated rings. The lowest BCUT2D eigenvalue weighted by Gasteiger charge is -2.12. The van der Waals surface area contributed by atoms with Crippen molar-refractivity contribution in [3.05, 3.63) is 46.0 Å². The number of hydrogen-bond acceptors (Lipinski definition) is 4. The van der Waals surface area contributed by atoms with Crippen LogP contribution in [-0.2, 0) is 13.2 Å². The van der Waals surface area contributed by atoms with Crippen molar-refractivity contribution in [2.75, 3.05) is 6.54 Å². The first-order valence-electron chi connectivity index (χ1n) is 6.65. The van der Waals surface area contributed by atoms with Crippen LogP contribution in [0.3, 0.4) is 0 Å². The molecule has 0 radical (unpaired) electrons. The summed E-state index contributed by atoms with van der Waals surface area (Å²) in [5.74, 6) is 0.706. The van der Waals surface area contributed by atoms with Crippen LogP contribution < -0.4 is 10.1 Å². The second-order valence-electron chi connectivity index (χ2n) is 5.01. The van der Waals surface area contributed by atoms with E-state index in [1.165, 1.54) is 12.3 Å². The van der Waals surface area contributed by atoms with Gasteiger partial charge >= 0.3 is 0 Å². The van der Waals surface area contributed by atoms with Crippen LogP contribution in [0.5, 0.6) is 5.88 Å². The molecule has 0 aromatic carbocycles. The maximum atomic E-state index is 13.3. The summed E-state index contributed by atoms with van der Waals surface area (Å²) in [6, 6.07) is 5.46. The zero-order valence-corrected chi connectivity index (χ0v) is 12.5. The van der Waals surface area contributed by atoms with E-state index in [0.717, 1.165) is 17.0 Å². The highest BCUT2D eigenvalue weighted by Gasteiger charge is 2.08. The Labute approximate surface area is 122 Å². The largest absolute Gasteiger partial charge is 0.472 e. The van der Waals surface area contributed by atoms with Gasteiger partial charge in [0.1, 0.15) is 12.4 Å². The zero-order chi connectivity index (χ0) is 14.4. The van der Waals surface area contributed by atoms with Crippen LogP contribution in [0.25, 0.3) is 0 Å². The Morgan fingerprint density at radius 2 is 2.30 bits per heavy atom. The lowest BCUT2D eigenvalue weighted by atomic mass is 10.2. The zero-order valence-electron chi connectivity index (χ0n) is 11.7. The predicted molar refractivity (Wildman–Crippen MR) is 79.4 cm³/mol. The highest BCUT2D eigenvalue weighted by atomic mass is 32.1. The van der Waals surface area contributed by atoms with Gasteiger partial charge in [0.25, 0.3) is 0 Å². The van der Waals surface area contributed by atoms with Gasteiger partial charge in [-0.05, 0) is 30.0 Å². The third-order valence-electron chi connectivity index (χ3n) is 2.69. The van der Waals surface area contributed by atoms with E-state index in [9.17, 15) is 4.39 Å². The van der Waals surface area contributed by atoms with Crippen molar-refractivity contribution >= 4 is 11.3 Å². The van der Waals surface area contributed by atoms with Crippen molar-refractivity contribution in [2.24, 2.45) is 5.92 Å². The fraction of sp³-hybridized carbons (Fsp3) is 0.400. The van der Waals surface area contributed by atoms with Gasteiger partial charge in [-0.1, -0.05) is 19.9 Å². The predicted octanol–water partition coefficient (Wildman–Crippen LogP) is 3.61. The van der Waals surface area contributed by atoms with Crippen molar-refractivity contribution in [3.63, 3.8) is 0 Å². The molecular weight excluding hydrogens is 275 g/mol. The molecule has 0 amide bonds. The van der Waals surface area contributed by atoms with Crippen LogP contribution in [0.1, 0.15) is 24.3 Å². The van der Waals surface area contributed by atoms with Gasteiger partial charge in [-0.25, -0.2) is 9.37 Å². The molecule has 2 aromatic heterocycles. The summed E-state index contributed by atoms with van der Waals surface area (Å²) in [6.45, 7) is 6.16. The number of thiophene rings is 1. The second kappa shape index (κ2) is 7.36. The molecule has 0 aliphatic carbocycles. The SMILES string of the molecule is CC(C)CNCc1cc(F)cnc1OCc1cccs1. The molecule has 2 rings (SSSR count). The number of nitrogens with zero attached hydrogens (tertiary/aromatic N) is 1. The fourth-order valence-electron chi connectivity index (χ4n) is 1.75. The number of nitrogens with one attached hydrogen (secondary N) is 1. The summed E-state index contributed by atoms with van der Waals surface area (Å²) in [4.78, 5) is 5.17. The molecule has 20 heavy (non-hydrogen) atoms. The van der Waals surface area contributed by atoms with Gasteiger partial charge in [-0.2, -0.15) is 0 Å². The lowest BCUT2D eigenvalue weighted by molar-refractivity contribution is 0.291. The van der Waals surface area contributed by atoms with Crippen LogP contribution in [0.4, 0.5) is 4.39 Å². The average Bonchev–Trinajstić information content (AvgIpc) is 2.90. The number of hydrogen-bond donors (Lipinski definition) is 1. The number of ether oxygens (including phenoxy) is 1. The van der Waals surface area contributed by atoms with E-state index in [4.69, 9.17) is 4.74 Å². The molecule has 0 aliphatic rings. The summed E-state index contributed by atoms with van der Waals surface area (Å²) < 4.78 is 19.0. The van der Waals surface area contributed by atoms with Crippen molar-refractivity contribution in [2.45, 2.75) is 27.0 Å². The molecule has 3 nitrogen and oxygen atoms in total. The van der Waals surface area contributed by atoms with Gasteiger partial charge in [-0.15, -0.1) is 11.3 Å². The number of pyridine rings is 1. The van der Waals surface area contributed by atoms with Crippen LogP contribution in [0.15, 0.2) is 29.8 Å². The van der Waals surface area contributed by atoms with E-state index in [2.05, 4.69) is 24.1 Å². The second-order valence-corrected chi connectivity index (χ2v) is 6.04. The Balaban J connectivity index is 1.99. The first-order valence-corrected chi connectivity index (χ1v) is 7.53. The molecule has 2 heterocycles. The van der Waals surface area contributed by atoms with Crippen LogP contribution >= 0.6 is 11.3 Å². The summed E-state index contributed by atoms with van der Waals surface area (Å²) in [7, 11) is 0. The van der Waals surface area contributed by atoms with Crippen LogP contribution in [0, 0.1) is 11.7 Å². The van der Waals surface area contributed by atoms with Crippen LogP contribution in [0.2, 0.25) is 0 Å². The summed E-state index contributed by atoms with van der Waals surface area (Å²) in [5, 5.41) is 5.28. The van der Waals surface area contributed by atoms with Crippen molar-refractivity contribution in [1.82, 2.24) is 10.3 Å². The van der Waals surface area contributed by atoms with E-state index < -0.39 is 0 Å². The summed E-state index contributed by atoms with van der Waals surface area (Å²) >= 11 is 1.63. The molecule has 0 aliphatic heterocycles. The normalized spacial score (nSPS) is 11.0. The third kappa shape index (κ3) is 4.58. The van der Waals surface area contributed by atoms with E-state index >= 15 is 0 Å². The van der Waals surface area contributed by atoms with E-state index in [1.54, 1.807) is 11.3 Å². The van der Waals surface area contributed by atoms with Gasteiger partial charge in [0.15, 0.2) is 0 Å². The topological polar surface area (TPSA) is 34.2 Å². The molecule has 5 heteroatoms. The van der Waals surface area contributed by atoms with Gasteiger partial charge in [0.05, 0.1) is 6.20 Å². The Bertz CT molecular complexity index is 529. The van der Waals surface area contributed by atoms with Crippen molar-refractivity contribution < 1.29 is 9.13 Å². The van der Waals surface area contributed by atoms with Gasteiger partial charge in [0.2, 0.25) is 5.88 Å². The minimum atomic E-state index is -0.338. The van der Waals surface area contributed by atoms with Gasteiger partial charge in [0, 0.05) is 17.0 Å². The Kier molecular flexibility index (Phi) is 5.49. The molecule has 0 atom stereocenters. The molecule has 0 unspecified atom stereocenters. The molecule has 0 spiro atoms. The molecule has 2 aromatic rings. The minimum Gasteiger partial charge on any atom is -0.472 e. The Morgan fingerprint density at radius 3 is 3.00 bits per heavy atom. The highest BCUT2D eigenvalue weighted by molar-refractivity contribution is 7.09. The van der Waals surface area contributed by atoms with Gasteiger partial charge < -0.3 is 10.1 Å². The Hall–Kier alpha value is -1.46. The maximum Gasteiger partial charge on any atom is 0.218 e. The van der Waals surface area contributed by atoms with E-state index in [0.29, 0.717) is 24.9 Å². The average molecular weight is 294 g/mol. The van der Waals surface area contributed by atoms with Crippen molar-refractivity contribution in [3.8, 4) is 5.88 Å². The smallest absolute Gasteiger partial charge is 0.218 e. The molecule has 108 valence electrons. The van der Waals surface area contributed by atoms with Gasteiger partial charge in [-0.3, -0.25) is 0 Å². The monoisotopic (exact) mass is 294 g/mol. The van der Waals surface area contributed by atoms with Crippen molar-refractivity contribution in [1.29, 1.82) is 0 Å². The number of halogens is 1. The standard InChI is InChI=1S/C15H19FN2OS/c1-11(2)7-17-8-12-6-13(16)9-18-15(12)19-10-14-4-3-5-20-14/h3-6,9,11,17H,7-8,10H2,1-2H3. The van der Waals surface area contributed by atoms with Crippen LogP contribution in [-0.4, -0.2) is 11.5 Å². The summed E-state index contributed by atoms with van der Waals surface area (Å²) in [5.41, 5.74) is 0.752. The lowest BCUT2D eigenvalue weighted by Crippen LogP contribution is -2.19. The Morgan fingerprint density at radius 1 is 1.45 bits per heavy atom. The molecule has 0 saturated carbocycles. The highest BCUT2D eigenvalue weighted by Crippen LogP contribution is 2.19. The molecule has 1 N–H and O–H groups in total. The number of rotatable bonds is 7. The minimum absolute atomic E-state index is 0.338. The third-order valence-corrected chi connectivity index (χ3v) is 3.54. The quantitative estimate of drug-likeness (QED) is 0.847. The molecule has 0 saturated heterocycles. The molecule has 0 bridgehead atoms. The fourth-order valence-corrected chi connectivity index (χ4v) is 2.37. The first-order chi connectivity index (χ1) is 9.65. The van der Waals surface area contributed by atoms with E-state index in [-0.39, 0.29) is 5.82 Å². The maximum absolute atomic E-state index is 13.3. The molecular formula is C15H19FN2OS.